The van der Waals surface area contributed by atoms with Crippen molar-refractivity contribution in [3.8, 4) is 11.8 Å². The zero-order valence-corrected chi connectivity index (χ0v) is 29.6. The Morgan fingerprint density at radius 1 is 0.580 bits per heavy atom. The second-order valence-electron chi connectivity index (χ2n) is 14.4. The van der Waals surface area contributed by atoms with Crippen molar-refractivity contribution in [1.82, 2.24) is 4.57 Å². The molecule has 0 unspecified atom stereocenters. The molecule has 0 radical (unpaired) electrons. The molecule has 0 bridgehead atoms. The van der Waals surface area contributed by atoms with Gasteiger partial charge in [-0.3, -0.25) is 4.79 Å². The van der Waals surface area contributed by atoms with Gasteiger partial charge < -0.3 is 8.98 Å². The second-order valence-corrected chi connectivity index (χ2v) is 14.4. The van der Waals surface area contributed by atoms with Gasteiger partial charge in [-0.25, -0.2) is 0 Å². The van der Waals surface area contributed by atoms with E-state index in [9.17, 15) is 10.1 Å². The van der Waals surface area contributed by atoms with Gasteiger partial charge in [0.25, 0.3) is 0 Å². The standard InChI is InChI=1S/C46H44N2O2/c1-5-21-45(22-6-2)36-19-18-31(48-40-15-11-9-13-32(40)33-14-10-12-16-41(33)48)26-37(36)46(23-7-3,24-8-4)39-28-43-35(27-38(39)45)44(49)34-25-30(29-47)17-20-42(34)50-43/h9-20,25-28H,5-8,21-24H2,1-4H3. The van der Waals surface area contributed by atoms with E-state index in [1.54, 1.807) is 18.2 Å². The fourth-order valence-corrected chi connectivity index (χ4v) is 9.77. The molecule has 7 aromatic rings. The van der Waals surface area contributed by atoms with Gasteiger partial charge in [-0.2, -0.15) is 5.26 Å². The molecule has 0 aliphatic heterocycles. The highest BCUT2D eigenvalue weighted by molar-refractivity contribution is 6.09. The molecule has 0 fully saturated rings. The fraction of sp³-hybridized carbons (Fsp3) is 0.304. The van der Waals surface area contributed by atoms with E-state index in [-0.39, 0.29) is 16.3 Å². The molecule has 250 valence electrons. The average Bonchev–Trinajstić information content (AvgIpc) is 3.48. The van der Waals surface area contributed by atoms with Crippen LogP contribution in [0.1, 0.15) is 107 Å². The minimum Gasteiger partial charge on any atom is -0.456 e. The number of aromatic nitrogens is 1. The second kappa shape index (κ2) is 12.3. The summed E-state index contributed by atoms with van der Waals surface area (Å²) >= 11 is 0. The molecule has 0 saturated heterocycles. The lowest BCUT2D eigenvalue weighted by molar-refractivity contribution is 0.348. The Hall–Kier alpha value is -5.14. The van der Waals surface area contributed by atoms with Crippen LogP contribution >= 0.6 is 0 Å². The van der Waals surface area contributed by atoms with Crippen molar-refractivity contribution < 1.29 is 4.42 Å². The highest BCUT2D eigenvalue weighted by Gasteiger charge is 2.49. The SMILES string of the molecule is CCCC1(CCC)c2cc(-n3c4ccccc4c4ccccc43)ccc2C(CCC)(CCC)c2cc3c(=O)c4cc(C#N)ccc4oc3cc21. The summed E-state index contributed by atoms with van der Waals surface area (Å²) in [6.07, 6.45) is 8.10. The molecule has 1 aliphatic carbocycles. The first-order chi connectivity index (χ1) is 24.4. The van der Waals surface area contributed by atoms with Crippen LogP contribution in [0, 0.1) is 11.3 Å². The summed E-state index contributed by atoms with van der Waals surface area (Å²) in [5, 5.41) is 13.2. The molecule has 1 aliphatic rings. The molecule has 4 nitrogen and oxygen atoms in total. The van der Waals surface area contributed by atoms with Crippen LogP contribution in [-0.2, 0) is 10.8 Å². The highest BCUT2D eigenvalue weighted by atomic mass is 16.3. The molecule has 4 heteroatoms. The average molecular weight is 657 g/mol. The summed E-state index contributed by atoms with van der Waals surface area (Å²) in [4.78, 5) is 14.2. The summed E-state index contributed by atoms with van der Waals surface area (Å²) in [6.45, 7) is 9.18. The topological polar surface area (TPSA) is 58.9 Å². The fourth-order valence-electron chi connectivity index (χ4n) is 9.77. The number of nitrogens with zero attached hydrogens (tertiary/aromatic N) is 2. The third-order valence-corrected chi connectivity index (χ3v) is 11.5. The third kappa shape index (κ3) is 4.52. The quantitative estimate of drug-likeness (QED) is 0.145. The van der Waals surface area contributed by atoms with E-state index in [4.69, 9.17) is 4.42 Å². The Balaban J connectivity index is 1.50. The minimum atomic E-state index is -0.250. The van der Waals surface area contributed by atoms with Crippen LogP contribution < -0.4 is 5.43 Å². The van der Waals surface area contributed by atoms with Gasteiger partial charge in [0.1, 0.15) is 11.2 Å². The molecule has 0 amide bonds. The Bertz CT molecular complexity index is 2480. The molecule has 8 rings (SSSR count). The predicted molar refractivity (Wildman–Crippen MR) is 207 cm³/mol. The molecule has 2 aromatic heterocycles. The maximum absolute atomic E-state index is 14.2. The molecule has 50 heavy (non-hydrogen) atoms. The van der Waals surface area contributed by atoms with Gasteiger partial charge in [0, 0.05) is 27.3 Å². The summed E-state index contributed by atoms with van der Waals surface area (Å²) in [5.74, 6) is 0. The Kier molecular flexibility index (Phi) is 7.91. The number of nitriles is 1. The highest BCUT2D eigenvalue weighted by Crippen LogP contribution is 2.58. The van der Waals surface area contributed by atoms with Crippen LogP contribution in [0.3, 0.4) is 0 Å². The summed E-state index contributed by atoms with van der Waals surface area (Å²) in [6, 6.07) is 36.6. The zero-order chi connectivity index (χ0) is 34.6. The van der Waals surface area contributed by atoms with Crippen LogP contribution in [0.25, 0.3) is 49.4 Å². The van der Waals surface area contributed by atoms with Gasteiger partial charge in [0.15, 0.2) is 0 Å². The van der Waals surface area contributed by atoms with E-state index in [0.717, 1.165) is 51.4 Å². The number of para-hydroxylation sites is 2. The minimum absolute atomic E-state index is 0.0628. The lowest BCUT2D eigenvalue weighted by Crippen LogP contribution is -2.43. The molecular weight excluding hydrogens is 613 g/mol. The van der Waals surface area contributed by atoms with Gasteiger partial charge in [-0.05, 0) is 103 Å². The van der Waals surface area contributed by atoms with Gasteiger partial charge >= 0.3 is 0 Å². The van der Waals surface area contributed by atoms with Gasteiger partial charge in [-0.15, -0.1) is 0 Å². The first kappa shape index (κ1) is 32.1. The number of hydrogen-bond donors (Lipinski definition) is 0. The number of benzene rings is 5. The van der Waals surface area contributed by atoms with Gasteiger partial charge in [0.05, 0.1) is 33.4 Å². The van der Waals surface area contributed by atoms with Crippen molar-refractivity contribution in [3.63, 3.8) is 0 Å². The largest absolute Gasteiger partial charge is 0.456 e. The molecule has 0 saturated carbocycles. The van der Waals surface area contributed by atoms with Crippen LogP contribution in [-0.4, -0.2) is 4.57 Å². The van der Waals surface area contributed by atoms with E-state index in [0.29, 0.717) is 27.5 Å². The summed E-state index contributed by atoms with van der Waals surface area (Å²) in [5.41, 5.74) is 10.1. The maximum Gasteiger partial charge on any atom is 0.200 e. The predicted octanol–water partition coefficient (Wildman–Crippen LogP) is 12.0. The van der Waals surface area contributed by atoms with Crippen molar-refractivity contribution >= 4 is 43.7 Å². The van der Waals surface area contributed by atoms with E-state index in [1.807, 2.05) is 0 Å². The summed E-state index contributed by atoms with van der Waals surface area (Å²) < 4.78 is 9.03. The van der Waals surface area contributed by atoms with Crippen LogP contribution in [0.15, 0.2) is 106 Å². The number of fused-ring (bicyclic) bond motifs is 7. The van der Waals surface area contributed by atoms with Crippen molar-refractivity contribution in [3.05, 3.63) is 135 Å². The number of rotatable bonds is 9. The van der Waals surface area contributed by atoms with E-state index >= 15 is 0 Å². The Morgan fingerprint density at radius 3 is 1.72 bits per heavy atom. The van der Waals surface area contributed by atoms with Crippen molar-refractivity contribution in [1.29, 1.82) is 5.26 Å². The first-order valence-electron chi connectivity index (χ1n) is 18.5. The van der Waals surface area contributed by atoms with E-state index < -0.39 is 0 Å². The molecule has 0 atom stereocenters. The van der Waals surface area contributed by atoms with Crippen molar-refractivity contribution in [2.75, 3.05) is 0 Å². The molecule has 0 N–H and O–H groups in total. The van der Waals surface area contributed by atoms with E-state index in [2.05, 4.69) is 117 Å². The normalized spacial score (nSPS) is 14.6. The lowest BCUT2D eigenvalue weighted by Gasteiger charge is -2.50. The van der Waals surface area contributed by atoms with Crippen LogP contribution in [0.2, 0.25) is 0 Å². The first-order valence-corrected chi connectivity index (χ1v) is 18.5. The Morgan fingerprint density at radius 2 is 1.12 bits per heavy atom. The molecule has 2 heterocycles. The smallest absolute Gasteiger partial charge is 0.200 e. The van der Waals surface area contributed by atoms with Gasteiger partial charge in [-0.1, -0.05) is 95.8 Å². The van der Waals surface area contributed by atoms with Gasteiger partial charge in [0.2, 0.25) is 5.43 Å². The van der Waals surface area contributed by atoms with Crippen molar-refractivity contribution in [2.24, 2.45) is 0 Å². The third-order valence-electron chi connectivity index (χ3n) is 11.5. The number of hydrogen-bond acceptors (Lipinski definition) is 3. The van der Waals surface area contributed by atoms with Crippen molar-refractivity contribution in [2.45, 2.75) is 89.9 Å². The van der Waals surface area contributed by atoms with Crippen LogP contribution in [0.4, 0.5) is 0 Å². The Labute approximate surface area is 294 Å². The monoisotopic (exact) mass is 656 g/mol. The molecule has 5 aromatic carbocycles. The molecule has 0 spiro atoms. The lowest BCUT2D eigenvalue weighted by atomic mass is 9.53. The van der Waals surface area contributed by atoms with Crippen LogP contribution in [0.5, 0.6) is 0 Å². The zero-order valence-electron chi connectivity index (χ0n) is 29.6. The molecular formula is C46H44N2O2. The van der Waals surface area contributed by atoms with E-state index in [1.165, 1.54) is 49.7 Å². The summed E-state index contributed by atoms with van der Waals surface area (Å²) in [7, 11) is 0. The maximum atomic E-state index is 14.2.